The molecule has 2 amide bonds. The number of hydrogen-bond donors (Lipinski definition) is 2. The van der Waals surface area contributed by atoms with E-state index < -0.39 is 11.8 Å². The van der Waals surface area contributed by atoms with Crippen molar-refractivity contribution in [3.8, 4) is 5.75 Å². The third-order valence-electron chi connectivity index (χ3n) is 2.68. The largest absolute Gasteiger partial charge is 0.496 e. The fraction of sp³-hybridized carbons (Fsp3) is 0.385. The van der Waals surface area contributed by atoms with Crippen LogP contribution in [0.4, 0.5) is 0 Å². The van der Waals surface area contributed by atoms with Crippen molar-refractivity contribution in [3.63, 3.8) is 0 Å². The molecule has 98 valence electrons. The molecule has 1 aromatic carbocycles. The fourth-order valence-electron chi connectivity index (χ4n) is 1.85. The lowest BCUT2D eigenvalue weighted by Gasteiger charge is -2.13. The number of nitrogens with one attached hydrogen (secondary N) is 1. The van der Waals surface area contributed by atoms with Crippen molar-refractivity contribution in [2.75, 3.05) is 13.7 Å². The molecule has 18 heavy (non-hydrogen) atoms. The van der Waals surface area contributed by atoms with Crippen LogP contribution in [0.25, 0.3) is 0 Å². The average molecular weight is 250 g/mol. The third-order valence-corrected chi connectivity index (χ3v) is 2.68. The first-order valence-corrected chi connectivity index (χ1v) is 5.67. The van der Waals surface area contributed by atoms with Crippen LogP contribution in [0.15, 0.2) is 12.1 Å². The molecule has 0 saturated carbocycles. The zero-order valence-electron chi connectivity index (χ0n) is 10.9. The summed E-state index contributed by atoms with van der Waals surface area (Å²) in [6.45, 7) is 4.33. The maximum absolute atomic E-state index is 11.0. The summed E-state index contributed by atoms with van der Waals surface area (Å²) in [6.07, 6.45) is 0.592. The van der Waals surface area contributed by atoms with E-state index in [9.17, 15) is 9.59 Å². The lowest BCUT2D eigenvalue weighted by molar-refractivity contribution is -0.137. The Morgan fingerprint density at radius 2 is 2.00 bits per heavy atom. The van der Waals surface area contributed by atoms with E-state index in [1.54, 1.807) is 7.11 Å². The van der Waals surface area contributed by atoms with E-state index in [4.69, 9.17) is 10.5 Å². The SMILES string of the molecule is COc1cc(C)cc(C)c1CCNC(=O)C(N)=O. The van der Waals surface area contributed by atoms with Gasteiger partial charge in [-0.2, -0.15) is 0 Å². The second-order valence-electron chi connectivity index (χ2n) is 4.13. The summed E-state index contributed by atoms with van der Waals surface area (Å²) in [4.78, 5) is 21.6. The Labute approximate surface area is 106 Å². The Morgan fingerprint density at radius 3 is 2.56 bits per heavy atom. The highest BCUT2D eigenvalue weighted by Gasteiger charge is 2.10. The molecule has 0 atom stereocenters. The first-order chi connectivity index (χ1) is 8.45. The molecule has 0 unspecified atom stereocenters. The summed E-state index contributed by atoms with van der Waals surface area (Å²) in [5, 5.41) is 2.45. The molecule has 0 spiro atoms. The molecule has 0 aliphatic heterocycles. The molecular weight excluding hydrogens is 232 g/mol. The van der Waals surface area contributed by atoms with Gasteiger partial charge in [-0.1, -0.05) is 6.07 Å². The van der Waals surface area contributed by atoms with E-state index >= 15 is 0 Å². The molecular formula is C13H18N2O3. The van der Waals surface area contributed by atoms with Gasteiger partial charge < -0.3 is 15.8 Å². The molecule has 0 bridgehead atoms. The number of methoxy groups -OCH3 is 1. The van der Waals surface area contributed by atoms with Crippen LogP contribution in [0.3, 0.4) is 0 Å². The van der Waals surface area contributed by atoms with Crippen LogP contribution in [0.5, 0.6) is 5.75 Å². The average Bonchev–Trinajstić information content (AvgIpc) is 2.30. The number of carbonyl (C=O) groups is 2. The molecule has 0 aliphatic rings. The van der Waals surface area contributed by atoms with Crippen molar-refractivity contribution >= 4 is 11.8 Å². The van der Waals surface area contributed by atoms with Crippen molar-refractivity contribution in [2.24, 2.45) is 5.73 Å². The summed E-state index contributed by atoms with van der Waals surface area (Å²) in [5.41, 5.74) is 8.08. The minimum absolute atomic E-state index is 0.349. The van der Waals surface area contributed by atoms with E-state index in [1.807, 2.05) is 26.0 Å². The van der Waals surface area contributed by atoms with Gasteiger partial charge in [-0.3, -0.25) is 9.59 Å². The van der Waals surface area contributed by atoms with Crippen LogP contribution in [-0.4, -0.2) is 25.5 Å². The molecule has 5 nitrogen and oxygen atoms in total. The molecule has 0 saturated heterocycles. The van der Waals surface area contributed by atoms with Crippen molar-refractivity contribution in [3.05, 3.63) is 28.8 Å². The minimum atomic E-state index is -0.970. The van der Waals surface area contributed by atoms with E-state index in [0.717, 1.165) is 22.4 Å². The standard InChI is InChI=1S/C13H18N2O3/c1-8-6-9(2)10(11(7-8)18-3)4-5-15-13(17)12(14)16/h6-7H,4-5H2,1-3H3,(H2,14,16)(H,15,17). The number of hydrogen-bond acceptors (Lipinski definition) is 3. The number of nitrogens with two attached hydrogens (primary N) is 1. The molecule has 0 fully saturated rings. The predicted molar refractivity (Wildman–Crippen MR) is 68.4 cm³/mol. The van der Waals surface area contributed by atoms with E-state index in [1.165, 1.54) is 0 Å². The van der Waals surface area contributed by atoms with Crippen LogP contribution in [0, 0.1) is 13.8 Å². The maximum atomic E-state index is 11.0. The molecule has 0 radical (unpaired) electrons. The van der Waals surface area contributed by atoms with Crippen molar-refractivity contribution in [1.29, 1.82) is 0 Å². The van der Waals surface area contributed by atoms with Gasteiger partial charge in [-0.15, -0.1) is 0 Å². The predicted octanol–water partition coefficient (Wildman–Crippen LogP) is 0.456. The second-order valence-corrected chi connectivity index (χ2v) is 4.13. The highest BCUT2D eigenvalue weighted by Crippen LogP contribution is 2.24. The monoisotopic (exact) mass is 250 g/mol. The molecule has 1 rings (SSSR count). The second kappa shape index (κ2) is 6.05. The molecule has 3 N–H and O–H groups in total. The number of benzene rings is 1. The molecule has 0 aliphatic carbocycles. The van der Waals surface area contributed by atoms with Gasteiger partial charge in [0.25, 0.3) is 0 Å². The minimum Gasteiger partial charge on any atom is -0.496 e. The highest BCUT2D eigenvalue weighted by molar-refractivity contribution is 6.34. The van der Waals surface area contributed by atoms with Crippen LogP contribution < -0.4 is 15.8 Å². The lowest BCUT2D eigenvalue weighted by Crippen LogP contribution is -2.37. The van der Waals surface area contributed by atoms with Gasteiger partial charge in [0.05, 0.1) is 7.11 Å². The number of primary amides is 1. The zero-order chi connectivity index (χ0) is 13.7. The normalized spacial score (nSPS) is 9.94. The van der Waals surface area contributed by atoms with Gasteiger partial charge in [0.2, 0.25) is 0 Å². The zero-order valence-corrected chi connectivity index (χ0v) is 10.9. The molecule has 5 heteroatoms. The summed E-state index contributed by atoms with van der Waals surface area (Å²) >= 11 is 0. The van der Waals surface area contributed by atoms with Crippen LogP contribution >= 0.6 is 0 Å². The van der Waals surface area contributed by atoms with E-state index in [0.29, 0.717) is 13.0 Å². The topological polar surface area (TPSA) is 81.4 Å². The van der Waals surface area contributed by atoms with Gasteiger partial charge in [-0.25, -0.2) is 0 Å². The van der Waals surface area contributed by atoms with Gasteiger partial charge in [0.1, 0.15) is 5.75 Å². The number of carbonyl (C=O) groups excluding carboxylic acids is 2. The van der Waals surface area contributed by atoms with Gasteiger partial charge in [0, 0.05) is 6.54 Å². The third kappa shape index (κ3) is 3.48. The van der Waals surface area contributed by atoms with Crippen molar-refractivity contribution in [1.82, 2.24) is 5.32 Å². The first kappa shape index (κ1) is 14.0. The Morgan fingerprint density at radius 1 is 1.33 bits per heavy atom. The number of amides is 2. The van der Waals surface area contributed by atoms with E-state index in [2.05, 4.69) is 5.32 Å². The first-order valence-electron chi connectivity index (χ1n) is 5.67. The van der Waals surface area contributed by atoms with E-state index in [-0.39, 0.29) is 0 Å². The number of aryl methyl sites for hydroxylation is 2. The van der Waals surface area contributed by atoms with Crippen molar-refractivity contribution < 1.29 is 14.3 Å². The molecule has 0 heterocycles. The smallest absolute Gasteiger partial charge is 0.309 e. The van der Waals surface area contributed by atoms with Gasteiger partial charge in [0.15, 0.2) is 0 Å². The fourth-order valence-corrected chi connectivity index (χ4v) is 1.85. The summed E-state index contributed by atoms with van der Waals surface area (Å²) in [7, 11) is 1.61. The Hall–Kier alpha value is -2.04. The Balaban J connectivity index is 2.73. The highest BCUT2D eigenvalue weighted by atomic mass is 16.5. The van der Waals surface area contributed by atoms with Crippen LogP contribution in [0.1, 0.15) is 16.7 Å². The van der Waals surface area contributed by atoms with Gasteiger partial charge in [-0.05, 0) is 43.0 Å². The summed E-state index contributed by atoms with van der Waals surface area (Å²) in [5.74, 6) is -0.942. The van der Waals surface area contributed by atoms with Crippen molar-refractivity contribution in [2.45, 2.75) is 20.3 Å². The number of ether oxygens (including phenoxy) is 1. The molecule has 1 aromatic rings. The summed E-state index contributed by atoms with van der Waals surface area (Å²) < 4.78 is 5.31. The van der Waals surface area contributed by atoms with Gasteiger partial charge >= 0.3 is 11.8 Å². The quantitative estimate of drug-likeness (QED) is 0.761. The maximum Gasteiger partial charge on any atom is 0.309 e. The number of rotatable bonds is 4. The summed E-state index contributed by atoms with van der Waals surface area (Å²) in [6, 6.07) is 3.99. The Kier molecular flexibility index (Phi) is 4.71. The molecule has 0 aromatic heterocycles. The lowest BCUT2D eigenvalue weighted by atomic mass is 10.0. The van der Waals surface area contributed by atoms with Crippen LogP contribution in [0.2, 0.25) is 0 Å². The Bertz CT molecular complexity index is 470. The van der Waals surface area contributed by atoms with Crippen LogP contribution in [-0.2, 0) is 16.0 Å².